The number of aromatic carboxylic acids is 1. The number of carbonyl (C=O) groups is 7. The number of hydrogen-bond acceptors (Lipinski definition) is 10. The van der Waals surface area contributed by atoms with Crippen LogP contribution in [0.15, 0.2) is 109 Å². The third-order valence-corrected chi connectivity index (χ3v) is 8.36. The molecule has 0 bridgehead atoms. The Kier molecular flexibility index (Phi) is 13.2. The minimum atomic E-state index is -1.37. The Balaban J connectivity index is 1.22. The minimum Gasteiger partial charge on any atom is -0.504 e. The quantitative estimate of drug-likeness (QED) is 0.0647. The van der Waals surface area contributed by atoms with E-state index in [1.165, 1.54) is 91.0 Å². The Morgan fingerprint density at radius 3 is 1.69 bits per heavy atom. The lowest BCUT2D eigenvalue weighted by atomic mass is 10.1. The Hall–Kier alpha value is -8.21. The van der Waals surface area contributed by atoms with Crippen molar-refractivity contribution in [3.8, 4) is 11.5 Å². The Morgan fingerprint density at radius 1 is 0.627 bits per heavy atom. The number of carboxylic acids is 1. The van der Waals surface area contributed by atoms with Crippen molar-refractivity contribution in [2.24, 2.45) is 5.73 Å². The zero-order valence-corrected chi connectivity index (χ0v) is 31.6. The van der Waals surface area contributed by atoms with Crippen molar-refractivity contribution in [3.05, 3.63) is 137 Å². The van der Waals surface area contributed by atoms with Gasteiger partial charge in [-0.3, -0.25) is 28.8 Å². The highest BCUT2D eigenvalue weighted by Gasteiger charge is 2.25. The van der Waals surface area contributed by atoms with Crippen molar-refractivity contribution in [2.45, 2.75) is 32.4 Å². The number of benzene rings is 5. The van der Waals surface area contributed by atoms with Gasteiger partial charge in [0.05, 0.1) is 29.3 Å². The molecule has 17 heteroatoms. The monoisotopic (exact) mass is 801 g/mol. The first-order valence-electron chi connectivity index (χ1n) is 17.8. The molecule has 0 saturated heterocycles. The van der Waals surface area contributed by atoms with Crippen LogP contribution in [0, 0.1) is 0 Å². The summed E-state index contributed by atoms with van der Waals surface area (Å²) in [6, 6.07) is 24.5. The van der Waals surface area contributed by atoms with Gasteiger partial charge in [-0.25, -0.2) is 4.79 Å². The Bertz CT molecular complexity index is 2420. The summed E-state index contributed by atoms with van der Waals surface area (Å²) >= 11 is 0. The van der Waals surface area contributed by atoms with Gasteiger partial charge in [0, 0.05) is 39.4 Å². The number of phenolic OH excluding ortho intramolecular Hbond substituents is 1. The number of rotatable bonds is 15. The number of nitrogens with one attached hydrogen (secondary N) is 5. The van der Waals surface area contributed by atoms with Crippen LogP contribution in [0.25, 0.3) is 0 Å². The first-order chi connectivity index (χ1) is 28.1. The van der Waals surface area contributed by atoms with E-state index < -0.39 is 65.7 Å². The first-order valence-corrected chi connectivity index (χ1v) is 17.8. The molecule has 0 aliphatic rings. The average Bonchev–Trinajstić information content (AvgIpc) is 3.19. The third-order valence-electron chi connectivity index (χ3n) is 8.36. The predicted molar refractivity (Wildman–Crippen MR) is 219 cm³/mol. The number of carboxylic acid groups (broad SMARTS) is 1. The highest BCUT2D eigenvalue weighted by Crippen LogP contribution is 2.39. The smallest absolute Gasteiger partial charge is 0.335 e. The molecule has 5 rings (SSSR count). The Morgan fingerprint density at radius 2 is 1.15 bits per heavy atom. The summed E-state index contributed by atoms with van der Waals surface area (Å²) in [6.07, 6.45) is -1.01. The molecule has 1 unspecified atom stereocenters. The van der Waals surface area contributed by atoms with Gasteiger partial charge in [-0.05, 0) is 117 Å². The van der Waals surface area contributed by atoms with Crippen molar-refractivity contribution < 1.29 is 48.5 Å². The van der Waals surface area contributed by atoms with Gasteiger partial charge in [-0.2, -0.15) is 0 Å². The highest BCUT2D eigenvalue weighted by molar-refractivity contribution is 6.10. The second kappa shape index (κ2) is 18.6. The van der Waals surface area contributed by atoms with Gasteiger partial charge in [0.2, 0.25) is 11.8 Å². The number of primary amides is 1. The van der Waals surface area contributed by atoms with E-state index in [1.54, 1.807) is 32.0 Å². The molecule has 0 fully saturated rings. The summed E-state index contributed by atoms with van der Waals surface area (Å²) in [6.45, 7) is 3.36. The van der Waals surface area contributed by atoms with Crippen molar-refractivity contribution in [1.82, 2.24) is 5.32 Å². The molecule has 59 heavy (non-hydrogen) atoms. The fourth-order valence-electron chi connectivity index (χ4n) is 5.47. The van der Waals surface area contributed by atoms with Crippen molar-refractivity contribution in [2.75, 3.05) is 27.0 Å². The summed E-state index contributed by atoms with van der Waals surface area (Å²) in [5.74, 6) is -5.95. The largest absolute Gasteiger partial charge is 0.504 e. The molecule has 6 amide bonds. The maximum Gasteiger partial charge on any atom is 0.335 e. The summed E-state index contributed by atoms with van der Waals surface area (Å²) in [4.78, 5) is 88.1. The molecule has 0 aliphatic carbocycles. The van der Waals surface area contributed by atoms with E-state index in [0.717, 1.165) is 0 Å². The minimum absolute atomic E-state index is 0.0222. The zero-order chi connectivity index (χ0) is 42.8. The lowest BCUT2D eigenvalue weighted by molar-refractivity contribution is -0.123. The molecule has 5 aromatic rings. The van der Waals surface area contributed by atoms with Gasteiger partial charge in [0.15, 0.2) is 11.5 Å². The molecule has 11 N–H and O–H groups in total. The number of ether oxygens (including phenoxy) is 1. The van der Waals surface area contributed by atoms with Gasteiger partial charge in [0.1, 0.15) is 6.04 Å². The van der Waals surface area contributed by atoms with Crippen LogP contribution in [-0.4, -0.2) is 63.8 Å². The molecule has 0 saturated carbocycles. The summed E-state index contributed by atoms with van der Waals surface area (Å²) in [7, 11) is 0. The molecule has 0 aliphatic heterocycles. The molecule has 302 valence electrons. The molecule has 17 nitrogen and oxygen atoms in total. The lowest BCUT2D eigenvalue weighted by Crippen LogP contribution is -2.46. The van der Waals surface area contributed by atoms with E-state index in [4.69, 9.17) is 21.3 Å². The van der Waals surface area contributed by atoms with E-state index in [1.807, 2.05) is 0 Å². The number of phenols is 1. The third kappa shape index (κ3) is 11.2. The molecule has 5 aromatic carbocycles. The summed E-state index contributed by atoms with van der Waals surface area (Å²) in [5.41, 5.74) is 12.9. The molecular weight excluding hydrogens is 763 g/mol. The maximum atomic E-state index is 13.3. The number of nitrogens with two attached hydrogens (primary N) is 2. The standard InChI is InChI=1S/C42H39N7O10/c1-22(2)59-36-32(19-18-31(35(36)51)40(55)46-29-16-10-25(11-17-29)42(57)58)48-37(52)23-8-14-30(15-9-23)47-41(56)33(21-34(44)50)49-38(53)24-6-12-28(13-7-24)45-39(54)26-4-3-5-27(43)20-26/h3-20,22,33,51H,21,43H2,1-2H3,(H2,44,50)(H,45,54)(H,46,55)(H,47,56)(H,48,52)(H,49,53)(H,57,58). The molecule has 1 atom stereocenters. The average molecular weight is 802 g/mol. The number of carbonyl (C=O) groups excluding carboxylic acids is 6. The number of hydrogen-bond donors (Lipinski definition) is 9. The van der Waals surface area contributed by atoms with Gasteiger partial charge < -0.3 is 53.0 Å². The van der Waals surface area contributed by atoms with Gasteiger partial charge in [-0.15, -0.1) is 0 Å². The maximum absolute atomic E-state index is 13.3. The topological polar surface area (TPSA) is 281 Å². The van der Waals surface area contributed by atoms with E-state index in [9.17, 15) is 38.7 Å². The zero-order valence-electron chi connectivity index (χ0n) is 31.6. The number of aromatic hydroxyl groups is 1. The normalized spacial score (nSPS) is 11.1. The van der Waals surface area contributed by atoms with Crippen molar-refractivity contribution in [1.29, 1.82) is 0 Å². The van der Waals surface area contributed by atoms with Crippen LogP contribution in [0.1, 0.15) is 72.1 Å². The summed E-state index contributed by atoms with van der Waals surface area (Å²) in [5, 5.41) is 33.2. The number of amides is 6. The SMILES string of the molecule is CC(C)Oc1c(NC(=O)c2ccc(NC(=O)C(CC(N)=O)NC(=O)c3ccc(NC(=O)c4cccc(N)c4)cc3)cc2)ccc(C(=O)Nc2ccc(C(=O)O)cc2)c1O. The Labute approximate surface area is 336 Å². The van der Waals surface area contributed by atoms with Crippen molar-refractivity contribution in [3.63, 3.8) is 0 Å². The van der Waals surface area contributed by atoms with Crippen LogP contribution >= 0.6 is 0 Å². The van der Waals surface area contributed by atoms with E-state index in [2.05, 4.69) is 26.6 Å². The summed E-state index contributed by atoms with van der Waals surface area (Å²) < 4.78 is 5.76. The van der Waals surface area contributed by atoms with Crippen LogP contribution in [-0.2, 0) is 9.59 Å². The van der Waals surface area contributed by atoms with Gasteiger partial charge in [-0.1, -0.05) is 6.07 Å². The molecule has 0 heterocycles. The number of anilines is 5. The van der Waals surface area contributed by atoms with E-state index in [-0.39, 0.29) is 45.1 Å². The predicted octanol–water partition coefficient (Wildman–Crippen LogP) is 4.83. The van der Waals surface area contributed by atoms with E-state index >= 15 is 0 Å². The van der Waals surface area contributed by atoms with Crippen LogP contribution in [0.3, 0.4) is 0 Å². The van der Waals surface area contributed by atoms with Gasteiger partial charge in [0.25, 0.3) is 23.6 Å². The second-order valence-corrected chi connectivity index (χ2v) is 13.2. The molecule has 0 aromatic heterocycles. The van der Waals surface area contributed by atoms with Gasteiger partial charge >= 0.3 is 5.97 Å². The molecular formula is C42H39N7O10. The number of nitrogen functional groups attached to an aromatic ring is 1. The first kappa shape index (κ1) is 41.9. The van der Waals surface area contributed by atoms with Crippen LogP contribution < -0.4 is 42.8 Å². The fraction of sp³-hybridized carbons (Fsp3) is 0.119. The van der Waals surface area contributed by atoms with Crippen LogP contribution in [0.4, 0.5) is 28.4 Å². The van der Waals surface area contributed by atoms with Crippen LogP contribution in [0.5, 0.6) is 11.5 Å². The molecule has 0 radical (unpaired) electrons. The molecule has 0 spiro atoms. The van der Waals surface area contributed by atoms with E-state index in [0.29, 0.717) is 16.9 Å². The lowest BCUT2D eigenvalue weighted by Gasteiger charge is -2.19. The van der Waals surface area contributed by atoms with Crippen LogP contribution in [0.2, 0.25) is 0 Å². The fourth-order valence-corrected chi connectivity index (χ4v) is 5.47. The highest BCUT2D eigenvalue weighted by atomic mass is 16.5. The second-order valence-electron chi connectivity index (χ2n) is 13.2. The van der Waals surface area contributed by atoms with Crippen molar-refractivity contribution >= 4 is 69.8 Å².